The highest BCUT2D eigenvalue weighted by Crippen LogP contribution is 2.52. The van der Waals surface area contributed by atoms with Crippen LogP contribution in [0.5, 0.6) is 0 Å². The topological polar surface area (TPSA) is 109 Å². The van der Waals surface area contributed by atoms with Crippen molar-refractivity contribution in [3.05, 3.63) is 0 Å². The van der Waals surface area contributed by atoms with Crippen LogP contribution in [0.1, 0.15) is 45.4 Å². The third-order valence-electron chi connectivity index (χ3n) is 5.52. The number of rotatable bonds is 2. The van der Waals surface area contributed by atoms with Gasteiger partial charge in [0.2, 0.25) is 0 Å². The van der Waals surface area contributed by atoms with Crippen LogP contribution in [0.15, 0.2) is 0 Å². The van der Waals surface area contributed by atoms with Crippen molar-refractivity contribution >= 4 is 0 Å². The minimum Gasteiger partial charge on any atom is -0.390 e. The molecule has 4 aliphatic rings. The molecule has 1 aliphatic carbocycles. The molecule has 3 unspecified atom stereocenters. The number of nitrogens with two attached hydrogens (primary N) is 1. The second-order valence-electron chi connectivity index (χ2n) is 7.04. The van der Waals surface area contributed by atoms with E-state index in [4.69, 9.17) is 20.5 Å². The Hall–Kier alpha value is -0.710. The second kappa shape index (κ2) is 4.90. The number of fused-ring (bicyclic) bond motifs is 3. The number of ether oxygens (including phenoxy) is 2. The molecular weight excluding hydrogens is 272 g/mol. The maximum atomic E-state index is 10.4. The van der Waals surface area contributed by atoms with Crippen LogP contribution in [0, 0.1) is 17.2 Å². The van der Waals surface area contributed by atoms with E-state index < -0.39 is 23.0 Å². The standard InChI is InChI=1S/C15H24N2O4/c1-10(8-16)6-11-2-3-15(17)14(21-11)5-4-13(19,9-20-15)12(18)7-14/h10-12,18-19H,2-7,9,17H2,1H3/t10-,11?,12-,13-,14?,15?/m1/s1. The molecule has 4 fully saturated rings. The van der Waals surface area contributed by atoms with E-state index in [1.165, 1.54) is 0 Å². The minimum absolute atomic E-state index is 0.0450. The Morgan fingerprint density at radius 3 is 2.86 bits per heavy atom. The fourth-order valence-electron chi connectivity index (χ4n) is 4.00. The Morgan fingerprint density at radius 2 is 2.19 bits per heavy atom. The van der Waals surface area contributed by atoms with Gasteiger partial charge in [-0.2, -0.15) is 5.26 Å². The molecule has 1 spiro atoms. The zero-order chi connectivity index (χ0) is 15.3. The summed E-state index contributed by atoms with van der Waals surface area (Å²) in [5.74, 6) is -0.0752. The van der Waals surface area contributed by atoms with Crippen molar-refractivity contribution < 1.29 is 19.7 Å². The summed E-state index contributed by atoms with van der Waals surface area (Å²) < 4.78 is 12.1. The zero-order valence-electron chi connectivity index (χ0n) is 12.4. The first-order valence-corrected chi connectivity index (χ1v) is 7.73. The average Bonchev–Trinajstić information content (AvgIpc) is 2.61. The quantitative estimate of drug-likeness (QED) is 0.681. The number of nitrogens with zero attached hydrogens (tertiary/aromatic N) is 1. The molecule has 6 atom stereocenters. The number of hydrogen-bond acceptors (Lipinski definition) is 6. The van der Waals surface area contributed by atoms with Gasteiger partial charge in [0, 0.05) is 12.3 Å². The molecule has 3 saturated heterocycles. The third-order valence-corrected chi connectivity index (χ3v) is 5.52. The van der Waals surface area contributed by atoms with E-state index in [2.05, 4.69) is 6.07 Å². The fraction of sp³-hybridized carbons (Fsp3) is 0.933. The predicted octanol–water partition coefficient (Wildman–Crippen LogP) is 0.415. The van der Waals surface area contributed by atoms with Crippen molar-refractivity contribution in [3.8, 4) is 6.07 Å². The molecule has 0 aromatic rings. The van der Waals surface area contributed by atoms with Crippen LogP contribution in [0.3, 0.4) is 0 Å². The molecule has 3 aliphatic heterocycles. The van der Waals surface area contributed by atoms with E-state index in [1.807, 2.05) is 6.92 Å². The molecule has 0 amide bonds. The van der Waals surface area contributed by atoms with Gasteiger partial charge in [0.25, 0.3) is 0 Å². The Bertz CT molecular complexity index is 467. The van der Waals surface area contributed by atoms with E-state index in [0.29, 0.717) is 25.7 Å². The Balaban J connectivity index is 1.85. The molecule has 3 heterocycles. The fourth-order valence-corrected chi connectivity index (χ4v) is 4.00. The van der Waals surface area contributed by atoms with E-state index >= 15 is 0 Å². The molecule has 1 saturated carbocycles. The number of aliphatic hydroxyl groups is 2. The van der Waals surface area contributed by atoms with Crippen LogP contribution in [0.25, 0.3) is 0 Å². The lowest BCUT2D eigenvalue weighted by Crippen LogP contribution is -2.68. The zero-order valence-corrected chi connectivity index (χ0v) is 12.4. The van der Waals surface area contributed by atoms with Crippen molar-refractivity contribution in [2.45, 2.75) is 74.6 Å². The summed E-state index contributed by atoms with van der Waals surface area (Å²) in [7, 11) is 0. The van der Waals surface area contributed by atoms with Crippen LogP contribution in [0.2, 0.25) is 0 Å². The highest BCUT2D eigenvalue weighted by molar-refractivity contribution is 5.13. The first kappa shape index (κ1) is 15.2. The number of hydrogen-bond donors (Lipinski definition) is 3. The van der Waals surface area contributed by atoms with Crippen molar-refractivity contribution in [1.82, 2.24) is 0 Å². The van der Waals surface area contributed by atoms with Crippen molar-refractivity contribution in [1.29, 1.82) is 5.26 Å². The summed E-state index contributed by atoms with van der Waals surface area (Å²) >= 11 is 0. The highest BCUT2D eigenvalue weighted by atomic mass is 16.6. The van der Waals surface area contributed by atoms with Crippen LogP contribution in [-0.4, -0.2) is 46.0 Å². The van der Waals surface area contributed by atoms with Gasteiger partial charge < -0.3 is 25.4 Å². The Labute approximate surface area is 124 Å². The summed E-state index contributed by atoms with van der Waals surface area (Å²) in [6.45, 7) is 1.93. The largest absolute Gasteiger partial charge is 0.390 e. The van der Waals surface area contributed by atoms with Crippen LogP contribution in [-0.2, 0) is 9.47 Å². The summed E-state index contributed by atoms with van der Waals surface area (Å²) in [4.78, 5) is 0. The van der Waals surface area contributed by atoms with Gasteiger partial charge in [-0.25, -0.2) is 0 Å². The summed E-state index contributed by atoms with van der Waals surface area (Å²) in [5, 5.41) is 29.7. The molecule has 0 aromatic carbocycles. The van der Waals surface area contributed by atoms with E-state index in [1.54, 1.807) is 0 Å². The first-order chi connectivity index (χ1) is 9.82. The maximum Gasteiger partial charge on any atom is 0.146 e. The average molecular weight is 296 g/mol. The monoisotopic (exact) mass is 296 g/mol. The summed E-state index contributed by atoms with van der Waals surface area (Å²) in [6, 6.07) is 2.23. The van der Waals surface area contributed by atoms with Gasteiger partial charge in [-0.1, -0.05) is 0 Å². The Kier molecular flexibility index (Phi) is 3.55. The lowest BCUT2D eigenvalue weighted by atomic mass is 9.68. The Morgan fingerprint density at radius 1 is 1.43 bits per heavy atom. The molecule has 118 valence electrons. The van der Waals surface area contributed by atoms with Crippen molar-refractivity contribution in [3.63, 3.8) is 0 Å². The lowest BCUT2D eigenvalue weighted by molar-refractivity contribution is -0.260. The van der Waals surface area contributed by atoms with E-state index in [-0.39, 0.29) is 25.0 Å². The molecule has 4 rings (SSSR count). The van der Waals surface area contributed by atoms with Gasteiger partial charge >= 0.3 is 0 Å². The molecule has 6 heteroatoms. The second-order valence-corrected chi connectivity index (χ2v) is 7.04. The van der Waals surface area contributed by atoms with Gasteiger partial charge in [0.15, 0.2) is 0 Å². The van der Waals surface area contributed by atoms with Crippen LogP contribution < -0.4 is 5.73 Å². The number of nitriles is 1. The van der Waals surface area contributed by atoms with Crippen molar-refractivity contribution in [2.24, 2.45) is 11.7 Å². The van der Waals surface area contributed by atoms with Gasteiger partial charge in [-0.05, 0) is 39.0 Å². The van der Waals surface area contributed by atoms with Gasteiger partial charge in [-0.15, -0.1) is 0 Å². The molecule has 2 bridgehead atoms. The molecule has 4 N–H and O–H groups in total. The van der Waals surface area contributed by atoms with Crippen LogP contribution in [0.4, 0.5) is 0 Å². The molecule has 0 aromatic heterocycles. The van der Waals surface area contributed by atoms with Crippen molar-refractivity contribution in [2.75, 3.05) is 6.61 Å². The van der Waals surface area contributed by atoms with E-state index in [0.717, 1.165) is 6.42 Å². The molecule has 6 nitrogen and oxygen atoms in total. The van der Waals surface area contributed by atoms with Gasteiger partial charge in [0.1, 0.15) is 16.9 Å². The smallest absolute Gasteiger partial charge is 0.146 e. The van der Waals surface area contributed by atoms with Crippen LogP contribution >= 0.6 is 0 Å². The predicted molar refractivity (Wildman–Crippen MR) is 73.9 cm³/mol. The summed E-state index contributed by atoms with van der Waals surface area (Å²) in [5.41, 5.74) is 3.52. The first-order valence-electron chi connectivity index (χ1n) is 7.73. The lowest BCUT2D eigenvalue weighted by Gasteiger charge is -2.53. The van der Waals surface area contributed by atoms with Gasteiger partial charge in [0.05, 0.1) is 24.9 Å². The molecule has 0 radical (unpaired) electrons. The molecular formula is C15H24N2O4. The normalized spacial score (nSPS) is 50.8. The molecule has 21 heavy (non-hydrogen) atoms. The van der Waals surface area contributed by atoms with Gasteiger partial charge in [-0.3, -0.25) is 0 Å². The van der Waals surface area contributed by atoms with E-state index in [9.17, 15) is 10.2 Å². The maximum absolute atomic E-state index is 10.4. The number of aliphatic hydroxyl groups excluding tert-OH is 1. The minimum atomic E-state index is -1.21. The SMILES string of the molecule is C[C@@H](C#N)CC1CCC2(N)OC[C@]3(O)CCC2(C[C@H]3O)O1. The summed E-state index contributed by atoms with van der Waals surface area (Å²) in [6.07, 6.45) is 2.38. The highest BCUT2D eigenvalue weighted by Gasteiger charge is 2.64. The third kappa shape index (κ3) is 2.28.